The molecule has 0 amide bonds. The summed E-state index contributed by atoms with van der Waals surface area (Å²) in [6.45, 7) is 4.77. The summed E-state index contributed by atoms with van der Waals surface area (Å²) < 4.78 is 16.6. The van der Waals surface area contributed by atoms with Gasteiger partial charge in [0.25, 0.3) is 0 Å². The van der Waals surface area contributed by atoms with Crippen molar-refractivity contribution < 1.29 is 14.2 Å². The SMILES string of the molecule is CN=C(NCc1ccc(OC2CCCC2)nc1)N1CCC(COCCOC)C1. The van der Waals surface area contributed by atoms with Gasteiger partial charge in [-0.25, -0.2) is 4.98 Å². The Morgan fingerprint density at radius 3 is 2.82 bits per heavy atom. The molecule has 1 saturated carbocycles. The second-order valence-corrected chi connectivity index (χ2v) is 7.60. The molecular weight excluding hydrogens is 356 g/mol. The molecule has 3 rings (SSSR count). The van der Waals surface area contributed by atoms with E-state index in [4.69, 9.17) is 14.2 Å². The molecule has 1 aliphatic carbocycles. The van der Waals surface area contributed by atoms with Crippen LogP contribution in [0.15, 0.2) is 23.3 Å². The zero-order chi connectivity index (χ0) is 19.6. The summed E-state index contributed by atoms with van der Waals surface area (Å²) in [7, 11) is 3.53. The fourth-order valence-corrected chi connectivity index (χ4v) is 3.83. The lowest BCUT2D eigenvalue weighted by molar-refractivity contribution is 0.0536. The maximum Gasteiger partial charge on any atom is 0.213 e. The number of rotatable bonds is 9. The van der Waals surface area contributed by atoms with E-state index in [0.717, 1.165) is 56.4 Å². The number of aromatic nitrogens is 1. The highest BCUT2D eigenvalue weighted by atomic mass is 16.5. The monoisotopic (exact) mass is 390 g/mol. The van der Waals surface area contributed by atoms with Crippen LogP contribution in [0.5, 0.6) is 5.88 Å². The number of pyridine rings is 1. The Hall–Kier alpha value is -1.86. The Balaban J connectivity index is 1.40. The lowest BCUT2D eigenvalue weighted by Gasteiger charge is -2.22. The average molecular weight is 391 g/mol. The highest BCUT2D eigenvalue weighted by Crippen LogP contribution is 2.23. The lowest BCUT2D eigenvalue weighted by Crippen LogP contribution is -2.39. The van der Waals surface area contributed by atoms with Crippen LogP contribution < -0.4 is 10.1 Å². The van der Waals surface area contributed by atoms with Gasteiger partial charge in [-0.05, 0) is 37.7 Å². The molecule has 0 aromatic carbocycles. The van der Waals surface area contributed by atoms with Crippen molar-refractivity contribution in [1.82, 2.24) is 15.2 Å². The van der Waals surface area contributed by atoms with Crippen molar-refractivity contribution in [3.63, 3.8) is 0 Å². The Kier molecular flexibility index (Phi) is 8.36. The highest BCUT2D eigenvalue weighted by Gasteiger charge is 2.25. The van der Waals surface area contributed by atoms with Crippen LogP contribution in [-0.2, 0) is 16.0 Å². The minimum atomic E-state index is 0.344. The van der Waals surface area contributed by atoms with Gasteiger partial charge < -0.3 is 24.4 Å². The van der Waals surface area contributed by atoms with Crippen molar-refractivity contribution >= 4 is 5.96 Å². The van der Waals surface area contributed by atoms with Crippen LogP contribution in [-0.4, -0.2) is 69.0 Å². The largest absolute Gasteiger partial charge is 0.474 e. The molecule has 1 atom stereocenters. The fraction of sp³-hybridized carbons (Fsp3) is 0.714. The van der Waals surface area contributed by atoms with E-state index in [1.807, 2.05) is 19.3 Å². The molecule has 156 valence electrons. The molecule has 0 radical (unpaired) electrons. The number of ether oxygens (including phenoxy) is 3. The molecule has 2 heterocycles. The quantitative estimate of drug-likeness (QED) is 0.397. The molecular formula is C21H34N4O3. The molecule has 28 heavy (non-hydrogen) atoms. The van der Waals surface area contributed by atoms with Crippen molar-refractivity contribution in [2.24, 2.45) is 10.9 Å². The zero-order valence-corrected chi connectivity index (χ0v) is 17.2. The number of likely N-dealkylation sites (tertiary alicyclic amines) is 1. The number of nitrogens with one attached hydrogen (secondary N) is 1. The van der Waals surface area contributed by atoms with Crippen LogP contribution >= 0.6 is 0 Å². The van der Waals surface area contributed by atoms with Crippen molar-refractivity contribution in [3.8, 4) is 5.88 Å². The van der Waals surface area contributed by atoms with Crippen LogP contribution in [0.4, 0.5) is 0 Å². The maximum absolute atomic E-state index is 5.93. The first-order valence-electron chi connectivity index (χ1n) is 10.4. The normalized spacial score (nSPS) is 20.7. The molecule has 1 aromatic rings. The first-order valence-corrected chi connectivity index (χ1v) is 10.4. The van der Waals surface area contributed by atoms with Crippen molar-refractivity contribution in [2.75, 3.05) is 47.1 Å². The molecule has 1 aliphatic heterocycles. The van der Waals surface area contributed by atoms with Crippen LogP contribution in [0.3, 0.4) is 0 Å². The van der Waals surface area contributed by atoms with Crippen molar-refractivity contribution in [2.45, 2.75) is 44.8 Å². The van der Waals surface area contributed by atoms with Gasteiger partial charge in [0, 0.05) is 52.0 Å². The molecule has 1 unspecified atom stereocenters. The van der Waals surface area contributed by atoms with Gasteiger partial charge in [-0.1, -0.05) is 6.07 Å². The first-order chi connectivity index (χ1) is 13.8. The summed E-state index contributed by atoms with van der Waals surface area (Å²) in [6.07, 6.45) is 8.19. The van der Waals surface area contributed by atoms with Crippen LogP contribution in [0.1, 0.15) is 37.7 Å². The predicted molar refractivity (Wildman–Crippen MR) is 110 cm³/mol. The summed E-state index contributed by atoms with van der Waals surface area (Å²) in [4.78, 5) is 11.2. The van der Waals surface area contributed by atoms with Gasteiger partial charge in [0.05, 0.1) is 19.8 Å². The van der Waals surface area contributed by atoms with E-state index >= 15 is 0 Å². The summed E-state index contributed by atoms with van der Waals surface area (Å²) in [5.74, 6) is 2.21. The smallest absolute Gasteiger partial charge is 0.213 e. The number of guanidine groups is 1. The van der Waals surface area contributed by atoms with E-state index in [1.165, 1.54) is 12.8 Å². The molecule has 1 N–H and O–H groups in total. The molecule has 0 spiro atoms. The van der Waals surface area contributed by atoms with Crippen molar-refractivity contribution in [1.29, 1.82) is 0 Å². The molecule has 7 heteroatoms. The minimum absolute atomic E-state index is 0.344. The predicted octanol–water partition coefficient (Wildman–Crippen LogP) is 2.46. The standard InChI is InChI=1S/C21H34N4O3/c1-22-21(25-10-9-18(15-25)16-27-12-11-26-2)24-14-17-7-8-20(23-13-17)28-19-5-3-4-6-19/h7-8,13,18-19H,3-6,9-12,14-16H2,1-2H3,(H,22,24). The van der Waals surface area contributed by atoms with E-state index in [1.54, 1.807) is 7.11 Å². The van der Waals surface area contributed by atoms with Gasteiger partial charge in [0.1, 0.15) is 6.10 Å². The van der Waals surface area contributed by atoms with E-state index in [2.05, 4.69) is 26.3 Å². The lowest BCUT2D eigenvalue weighted by atomic mass is 10.1. The van der Waals surface area contributed by atoms with Crippen molar-refractivity contribution in [3.05, 3.63) is 23.9 Å². The van der Waals surface area contributed by atoms with Gasteiger partial charge in [-0.15, -0.1) is 0 Å². The molecule has 2 fully saturated rings. The summed E-state index contributed by atoms with van der Waals surface area (Å²) in [5, 5.41) is 3.45. The second-order valence-electron chi connectivity index (χ2n) is 7.60. The van der Waals surface area contributed by atoms with Crippen LogP contribution in [0.2, 0.25) is 0 Å². The molecule has 1 aromatic heterocycles. The Morgan fingerprint density at radius 1 is 1.25 bits per heavy atom. The van der Waals surface area contributed by atoms with Crippen LogP contribution in [0.25, 0.3) is 0 Å². The Labute approximate surface area is 168 Å². The topological polar surface area (TPSA) is 68.2 Å². The third kappa shape index (κ3) is 6.34. The second kappa shape index (κ2) is 11.2. The summed E-state index contributed by atoms with van der Waals surface area (Å²) in [6, 6.07) is 4.05. The number of nitrogens with zero attached hydrogens (tertiary/aromatic N) is 3. The summed E-state index contributed by atoms with van der Waals surface area (Å²) in [5.41, 5.74) is 1.12. The van der Waals surface area contributed by atoms with Gasteiger partial charge in [-0.3, -0.25) is 4.99 Å². The van der Waals surface area contributed by atoms with E-state index in [9.17, 15) is 0 Å². The third-order valence-electron chi connectivity index (χ3n) is 5.42. The van der Waals surface area contributed by atoms with Gasteiger partial charge in [-0.2, -0.15) is 0 Å². The summed E-state index contributed by atoms with van der Waals surface area (Å²) >= 11 is 0. The Bertz CT molecular complexity index is 602. The minimum Gasteiger partial charge on any atom is -0.474 e. The van der Waals surface area contributed by atoms with E-state index < -0.39 is 0 Å². The van der Waals surface area contributed by atoms with Gasteiger partial charge in [0.2, 0.25) is 5.88 Å². The van der Waals surface area contributed by atoms with E-state index in [-0.39, 0.29) is 0 Å². The molecule has 1 saturated heterocycles. The van der Waals surface area contributed by atoms with Gasteiger partial charge >= 0.3 is 0 Å². The number of hydrogen-bond donors (Lipinski definition) is 1. The Morgan fingerprint density at radius 2 is 2.11 bits per heavy atom. The maximum atomic E-state index is 5.93. The van der Waals surface area contributed by atoms with Crippen LogP contribution in [0, 0.1) is 5.92 Å². The fourth-order valence-electron chi connectivity index (χ4n) is 3.83. The number of hydrogen-bond acceptors (Lipinski definition) is 5. The molecule has 2 aliphatic rings. The molecule has 7 nitrogen and oxygen atoms in total. The highest BCUT2D eigenvalue weighted by molar-refractivity contribution is 5.80. The zero-order valence-electron chi connectivity index (χ0n) is 17.2. The third-order valence-corrected chi connectivity index (χ3v) is 5.42. The molecule has 0 bridgehead atoms. The van der Waals surface area contributed by atoms with E-state index in [0.29, 0.717) is 31.8 Å². The number of aliphatic imine (C=N–C) groups is 1. The van der Waals surface area contributed by atoms with Gasteiger partial charge in [0.15, 0.2) is 5.96 Å². The number of methoxy groups -OCH3 is 1. The first kappa shape index (κ1) is 20.9. The average Bonchev–Trinajstić information content (AvgIpc) is 3.39.